The van der Waals surface area contributed by atoms with Gasteiger partial charge in [0, 0.05) is 35.2 Å². The van der Waals surface area contributed by atoms with E-state index < -0.39 is 0 Å². The molecule has 2 amide bonds. The first-order chi connectivity index (χ1) is 12.6. The maximum atomic E-state index is 12.6. The van der Waals surface area contributed by atoms with Crippen LogP contribution >= 0.6 is 11.8 Å². The molecule has 2 aliphatic carbocycles. The molecule has 1 aliphatic heterocycles. The summed E-state index contributed by atoms with van der Waals surface area (Å²) >= 11 is 1.70. The van der Waals surface area contributed by atoms with Gasteiger partial charge in [0.1, 0.15) is 0 Å². The lowest BCUT2D eigenvalue weighted by atomic mass is 9.90. The summed E-state index contributed by atoms with van der Waals surface area (Å²) < 4.78 is 0. The van der Waals surface area contributed by atoms with E-state index in [9.17, 15) is 9.59 Å². The van der Waals surface area contributed by atoms with Crippen LogP contribution in [0.3, 0.4) is 0 Å². The number of anilines is 1. The molecule has 1 saturated heterocycles. The highest BCUT2D eigenvalue weighted by Crippen LogP contribution is 2.59. The minimum Gasteiger partial charge on any atom is -0.339 e. The van der Waals surface area contributed by atoms with Crippen molar-refractivity contribution in [1.29, 1.82) is 0 Å². The van der Waals surface area contributed by atoms with Crippen LogP contribution in [0.1, 0.15) is 38.5 Å². The number of nitrogens with one attached hydrogen (secondary N) is 1. The minimum atomic E-state index is 0.102. The number of amides is 2. The molecule has 1 aromatic carbocycles. The zero-order valence-electron chi connectivity index (χ0n) is 15.3. The maximum absolute atomic E-state index is 12.6. The van der Waals surface area contributed by atoms with Gasteiger partial charge in [-0.1, -0.05) is 6.08 Å². The van der Waals surface area contributed by atoms with E-state index in [1.807, 2.05) is 35.4 Å². The lowest BCUT2D eigenvalue weighted by Crippen LogP contribution is -2.40. The third-order valence-corrected chi connectivity index (χ3v) is 6.97. The summed E-state index contributed by atoms with van der Waals surface area (Å²) in [6, 6.07) is 8.00. The number of allylic oxidation sites excluding steroid dienone is 1. The van der Waals surface area contributed by atoms with Crippen LogP contribution < -0.4 is 5.32 Å². The van der Waals surface area contributed by atoms with Gasteiger partial charge in [-0.3, -0.25) is 9.59 Å². The molecule has 0 radical (unpaired) electrons. The van der Waals surface area contributed by atoms with Crippen molar-refractivity contribution < 1.29 is 9.59 Å². The van der Waals surface area contributed by atoms with Gasteiger partial charge in [0.2, 0.25) is 11.8 Å². The Morgan fingerprint density at radius 2 is 1.92 bits per heavy atom. The van der Waals surface area contributed by atoms with Crippen LogP contribution in [0.5, 0.6) is 0 Å². The Morgan fingerprint density at radius 3 is 2.54 bits per heavy atom. The fraction of sp³-hybridized carbons (Fsp3) is 0.524. The summed E-state index contributed by atoms with van der Waals surface area (Å²) in [4.78, 5) is 28.3. The summed E-state index contributed by atoms with van der Waals surface area (Å²) in [7, 11) is 0. The van der Waals surface area contributed by atoms with Crippen LogP contribution in [0.4, 0.5) is 5.69 Å². The summed E-state index contributed by atoms with van der Waals surface area (Å²) in [5, 5.41) is 3.07. The Bertz CT molecular complexity index is 733. The zero-order chi connectivity index (χ0) is 18.1. The van der Waals surface area contributed by atoms with Crippen molar-refractivity contribution in [3.63, 3.8) is 0 Å². The predicted octanol–water partition coefficient (Wildman–Crippen LogP) is 4.09. The van der Waals surface area contributed by atoms with Gasteiger partial charge in [-0.15, -0.1) is 11.8 Å². The van der Waals surface area contributed by atoms with E-state index >= 15 is 0 Å². The van der Waals surface area contributed by atoms with E-state index in [2.05, 4.69) is 11.4 Å². The Kier molecular flexibility index (Phi) is 4.82. The van der Waals surface area contributed by atoms with Gasteiger partial charge >= 0.3 is 0 Å². The average molecular weight is 371 g/mol. The van der Waals surface area contributed by atoms with Gasteiger partial charge in [0.25, 0.3) is 0 Å². The largest absolute Gasteiger partial charge is 0.339 e. The van der Waals surface area contributed by atoms with Gasteiger partial charge in [-0.2, -0.15) is 0 Å². The lowest BCUT2D eigenvalue weighted by molar-refractivity contribution is -0.128. The number of rotatable bonds is 4. The van der Waals surface area contributed by atoms with Crippen molar-refractivity contribution >= 4 is 29.3 Å². The molecular weight excluding hydrogens is 344 g/mol. The quantitative estimate of drug-likeness (QED) is 0.812. The molecule has 1 aromatic rings. The van der Waals surface area contributed by atoms with Crippen LogP contribution in [-0.2, 0) is 9.59 Å². The highest BCUT2D eigenvalue weighted by molar-refractivity contribution is 7.98. The van der Waals surface area contributed by atoms with E-state index in [0.717, 1.165) is 62.9 Å². The number of likely N-dealkylation sites (tertiary alicyclic amines) is 1. The molecule has 26 heavy (non-hydrogen) atoms. The van der Waals surface area contributed by atoms with Crippen molar-refractivity contribution in [2.24, 2.45) is 11.3 Å². The molecule has 1 unspecified atom stereocenters. The summed E-state index contributed by atoms with van der Waals surface area (Å²) in [5.74, 6) is 0.471. The molecule has 4 rings (SSSR count). The normalized spacial score (nSPS) is 23.7. The lowest BCUT2D eigenvalue weighted by Gasteiger charge is -2.33. The number of carbonyl (C=O) groups is 2. The molecule has 1 saturated carbocycles. The molecule has 3 aliphatic rings. The number of piperidine rings is 1. The number of benzene rings is 1. The van der Waals surface area contributed by atoms with Crippen molar-refractivity contribution in [3.8, 4) is 0 Å². The van der Waals surface area contributed by atoms with Gasteiger partial charge in [0.15, 0.2) is 0 Å². The van der Waals surface area contributed by atoms with Crippen molar-refractivity contribution in [1.82, 2.24) is 4.90 Å². The number of hydrogen-bond donors (Lipinski definition) is 1. The van der Waals surface area contributed by atoms with Crippen LogP contribution in [0.25, 0.3) is 0 Å². The zero-order valence-corrected chi connectivity index (χ0v) is 16.1. The Morgan fingerprint density at radius 1 is 1.19 bits per heavy atom. The fourth-order valence-electron chi connectivity index (χ4n) is 4.40. The first kappa shape index (κ1) is 17.7. The standard InChI is InChI=1S/C21H26N2O2S/c1-26-17-8-6-16(7-9-17)22-19(24)18-14-21(18)10-12-23(13-11-21)20(25)15-4-2-3-5-15/h4,6-9,18H,2-3,5,10-14H2,1H3,(H,22,24). The molecule has 138 valence electrons. The minimum absolute atomic E-state index is 0.102. The Labute approximate surface area is 159 Å². The van der Waals surface area contributed by atoms with Crippen molar-refractivity contribution in [2.75, 3.05) is 24.7 Å². The van der Waals surface area contributed by atoms with Crippen molar-refractivity contribution in [3.05, 3.63) is 35.9 Å². The third kappa shape index (κ3) is 3.41. The highest BCUT2D eigenvalue weighted by Gasteiger charge is 2.58. The van der Waals surface area contributed by atoms with Crippen LogP contribution in [0, 0.1) is 11.3 Å². The van der Waals surface area contributed by atoms with E-state index in [-0.39, 0.29) is 23.1 Å². The molecule has 1 atom stereocenters. The van der Waals surface area contributed by atoms with E-state index in [1.54, 1.807) is 11.8 Å². The second-order valence-corrected chi connectivity index (χ2v) is 8.63. The first-order valence-electron chi connectivity index (χ1n) is 9.54. The third-order valence-electron chi connectivity index (χ3n) is 6.23. The van der Waals surface area contributed by atoms with Crippen molar-refractivity contribution in [2.45, 2.75) is 43.4 Å². The second kappa shape index (κ2) is 7.10. The van der Waals surface area contributed by atoms with E-state index in [4.69, 9.17) is 0 Å². The van der Waals surface area contributed by atoms with Crippen LogP contribution in [-0.4, -0.2) is 36.1 Å². The number of nitrogens with zero attached hydrogens (tertiary/aromatic N) is 1. The number of hydrogen-bond acceptors (Lipinski definition) is 3. The smallest absolute Gasteiger partial charge is 0.249 e. The first-order valence-corrected chi connectivity index (χ1v) is 10.8. The van der Waals surface area contributed by atoms with Gasteiger partial charge in [0.05, 0.1) is 0 Å². The molecule has 4 nitrogen and oxygen atoms in total. The van der Waals surface area contributed by atoms with Gasteiger partial charge in [-0.25, -0.2) is 0 Å². The van der Waals surface area contributed by atoms with E-state index in [1.165, 1.54) is 4.90 Å². The highest BCUT2D eigenvalue weighted by atomic mass is 32.2. The van der Waals surface area contributed by atoms with Crippen LogP contribution in [0.15, 0.2) is 40.8 Å². The number of carbonyl (C=O) groups excluding carboxylic acids is 2. The molecule has 1 spiro atoms. The fourth-order valence-corrected chi connectivity index (χ4v) is 4.81. The Balaban J connectivity index is 1.30. The number of thioether (sulfide) groups is 1. The summed E-state index contributed by atoms with van der Waals surface area (Å²) in [6.45, 7) is 1.59. The monoisotopic (exact) mass is 370 g/mol. The molecule has 0 aromatic heterocycles. The average Bonchev–Trinajstić information content (AvgIpc) is 3.10. The maximum Gasteiger partial charge on any atom is 0.249 e. The molecule has 2 fully saturated rings. The SMILES string of the molecule is CSc1ccc(NC(=O)C2CC23CCN(C(=O)C2=CCCC2)CC3)cc1. The van der Waals surface area contributed by atoms with E-state index in [0.29, 0.717) is 0 Å². The molecular formula is C21H26N2O2S. The molecule has 5 heteroatoms. The summed E-state index contributed by atoms with van der Waals surface area (Å²) in [5.41, 5.74) is 2.00. The topological polar surface area (TPSA) is 49.4 Å². The second-order valence-electron chi connectivity index (χ2n) is 7.75. The van der Waals surface area contributed by atoms with Gasteiger partial charge in [-0.05, 0) is 74.5 Å². The molecule has 1 heterocycles. The molecule has 1 N–H and O–H groups in total. The summed E-state index contributed by atoms with van der Waals surface area (Å²) in [6.07, 6.45) is 10.1. The molecule has 0 bridgehead atoms. The van der Waals surface area contributed by atoms with Gasteiger partial charge < -0.3 is 10.2 Å². The predicted molar refractivity (Wildman–Crippen MR) is 105 cm³/mol. The van der Waals surface area contributed by atoms with Crippen LogP contribution in [0.2, 0.25) is 0 Å². The Hall–Kier alpha value is -1.75.